The zero-order chi connectivity index (χ0) is 16.8. The van der Waals surface area contributed by atoms with Gasteiger partial charge in [0.25, 0.3) is 0 Å². The molecule has 0 saturated heterocycles. The number of hydrogen-bond acceptors (Lipinski definition) is 9. The number of carbonyl (C=O) groups excluding carboxylic acids is 2. The second-order valence-electron chi connectivity index (χ2n) is 4.86. The van der Waals surface area contributed by atoms with E-state index in [1.165, 1.54) is 13.8 Å². The van der Waals surface area contributed by atoms with Crippen molar-refractivity contribution in [2.75, 3.05) is 13.2 Å². The maximum atomic E-state index is 10.9. The number of fused-ring (bicyclic) bond motifs is 1. The number of ether oxygens (including phenoxy) is 3. The fourth-order valence-electron chi connectivity index (χ4n) is 1.84. The summed E-state index contributed by atoms with van der Waals surface area (Å²) in [6.07, 6.45) is 0.979. The fourth-order valence-corrected chi connectivity index (χ4v) is 1.84. The molecule has 0 aliphatic carbocycles. The van der Waals surface area contributed by atoms with Gasteiger partial charge in [0.2, 0.25) is 0 Å². The van der Waals surface area contributed by atoms with Crippen LogP contribution in [-0.4, -0.2) is 46.8 Å². The summed E-state index contributed by atoms with van der Waals surface area (Å²) in [4.78, 5) is 30.2. The van der Waals surface area contributed by atoms with Crippen molar-refractivity contribution in [2.45, 2.75) is 33.2 Å². The molecule has 0 amide bonds. The van der Waals surface area contributed by atoms with E-state index in [0.717, 1.165) is 5.69 Å². The van der Waals surface area contributed by atoms with E-state index in [0.29, 0.717) is 18.3 Å². The first-order valence-electron chi connectivity index (χ1n) is 6.96. The number of esters is 2. The van der Waals surface area contributed by atoms with E-state index < -0.39 is 18.0 Å². The number of aromatic nitrogens is 2. The number of imidazole rings is 1. The van der Waals surface area contributed by atoms with Crippen molar-refractivity contribution in [3.05, 3.63) is 12.0 Å². The molecular formula is C13H19N5O5. The summed E-state index contributed by atoms with van der Waals surface area (Å²) >= 11 is 0. The molecule has 23 heavy (non-hydrogen) atoms. The van der Waals surface area contributed by atoms with Crippen LogP contribution >= 0.6 is 0 Å². The van der Waals surface area contributed by atoms with E-state index in [4.69, 9.17) is 19.9 Å². The molecule has 0 radical (unpaired) electrons. The summed E-state index contributed by atoms with van der Waals surface area (Å²) in [5, 5.41) is 2.88. The molecule has 0 bridgehead atoms. The molecule has 0 spiro atoms. The van der Waals surface area contributed by atoms with E-state index in [2.05, 4.69) is 15.3 Å². The Bertz CT molecular complexity index is 594. The highest BCUT2D eigenvalue weighted by Gasteiger charge is 2.18. The Hall–Kier alpha value is -2.62. The van der Waals surface area contributed by atoms with Crippen LogP contribution in [0.2, 0.25) is 0 Å². The van der Waals surface area contributed by atoms with E-state index >= 15 is 0 Å². The predicted octanol–water partition coefficient (Wildman–Crippen LogP) is -0.599. The molecule has 10 nitrogen and oxygen atoms in total. The highest BCUT2D eigenvalue weighted by Crippen LogP contribution is 2.20. The molecular weight excluding hydrogens is 306 g/mol. The lowest BCUT2D eigenvalue weighted by molar-refractivity contribution is -0.154. The summed E-state index contributed by atoms with van der Waals surface area (Å²) in [5.74, 6) is 0.0189. The van der Waals surface area contributed by atoms with Gasteiger partial charge < -0.3 is 25.3 Å². The maximum Gasteiger partial charge on any atom is 0.302 e. The van der Waals surface area contributed by atoms with Crippen LogP contribution in [0.5, 0.6) is 0 Å². The van der Waals surface area contributed by atoms with Gasteiger partial charge >= 0.3 is 11.9 Å². The maximum absolute atomic E-state index is 10.9. The molecule has 3 N–H and O–H groups in total. The van der Waals surface area contributed by atoms with Gasteiger partial charge in [-0.1, -0.05) is 0 Å². The average molecular weight is 325 g/mol. The minimum atomic E-state index is -0.594. The van der Waals surface area contributed by atoms with Gasteiger partial charge in [-0.3, -0.25) is 14.2 Å². The molecule has 0 atom stereocenters. The Labute approximate surface area is 132 Å². The molecule has 10 heteroatoms. The van der Waals surface area contributed by atoms with Crippen LogP contribution in [0.4, 0.5) is 5.82 Å². The van der Waals surface area contributed by atoms with Crippen molar-refractivity contribution in [3.8, 4) is 0 Å². The minimum Gasteiger partial charge on any atom is -0.463 e. The molecule has 1 aliphatic heterocycles. The second kappa shape index (κ2) is 7.58. The van der Waals surface area contributed by atoms with Crippen LogP contribution in [0.3, 0.4) is 0 Å². The number of guanidine groups is 1. The average Bonchev–Trinajstić information content (AvgIpc) is 2.88. The summed E-state index contributed by atoms with van der Waals surface area (Å²) in [5.41, 5.74) is 6.39. The molecule has 0 aromatic carbocycles. The standard InChI is InChI=1S/C13H19N5O5/c1-8(19)21-4-10(5-22-9(2)20)23-7-18-6-16-11-3-15-13(14)17-12(11)18/h6,10H,3-5,7H2,1-2H3,(H3,14,15,17). The number of rotatable bonds is 7. The Kier molecular flexibility index (Phi) is 5.52. The van der Waals surface area contributed by atoms with E-state index in [1.807, 2.05) is 0 Å². The molecule has 126 valence electrons. The second-order valence-corrected chi connectivity index (χ2v) is 4.86. The number of hydrogen-bond donors (Lipinski definition) is 2. The summed E-state index contributed by atoms with van der Waals surface area (Å²) in [7, 11) is 0. The van der Waals surface area contributed by atoms with Crippen LogP contribution in [0.15, 0.2) is 11.3 Å². The van der Waals surface area contributed by atoms with Gasteiger partial charge in [-0.25, -0.2) is 4.98 Å². The normalized spacial score (nSPS) is 13.1. The first kappa shape index (κ1) is 16.7. The van der Waals surface area contributed by atoms with Gasteiger partial charge in [0.1, 0.15) is 31.7 Å². The lowest BCUT2D eigenvalue weighted by Gasteiger charge is -2.18. The zero-order valence-corrected chi connectivity index (χ0v) is 12.9. The van der Waals surface area contributed by atoms with Gasteiger partial charge in [0.15, 0.2) is 11.8 Å². The van der Waals surface area contributed by atoms with Crippen molar-refractivity contribution in [3.63, 3.8) is 0 Å². The number of aliphatic imine (C=N–C) groups is 1. The predicted molar refractivity (Wildman–Crippen MR) is 78.5 cm³/mol. The molecule has 2 rings (SSSR count). The van der Waals surface area contributed by atoms with Gasteiger partial charge in [-0.05, 0) is 0 Å². The quantitative estimate of drug-likeness (QED) is 0.636. The van der Waals surface area contributed by atoms with Crippen molar-refractivity contribution >= 4 is 23.7 Å². The smallest absolute Gasteiger partial charge is 0.302 e. The van der Waals surface area contributed by atoms with Crippen LogP contribution in [0.25, 0.3) is 0 Å². The zero-order valence-electron chi connectivity index (χ0n) is 12.9. The van der Waals surface area contributed by atoms with Crippen LogP contribution < -0.4 is 11.1 Å². The fraction of sp³-hybridized carbons (Fsp3) is 0.538. The van der Waals surface area contributed by atoms with Crippen molar-refractivity contribution < 1.29 is 23.8 Å². The first-order valence-corrected chi connectivity index (χ1v) is 6.96. The number of nitrogens with zero attached hydrogens (tertiary/aromatic N) is 3. The first-order chi connectivity index (χ1) is 11.0. The van der Waals surface area contributed by atoms with E-state index in [-0.39, 0.29) is 19.9 Å². The van der Waals surface area contributed by atoms with Crippen molar-refractivity contribution in [1.82, 2.24) is 14.9 Å². The molecule has 2 heterocycles. The SMILES string of the molecule is CC(=O)OCC(COC(C)=O)OCn1cnc2c1N=C(N)NC2. The lowest BCUT2D eigenvalue weighted by atomic mass is 10.4. The number of nitrogens with two attached hydrogens (primary N) is 1. The van der Waals surface area contributed by atoms with Gasteiger partial charge in [-0.15, -0.1) is 0 Å². The highest BCUT2D eigenvalue weighted by atomic mass is 16.6. The molecule has 1 aliphatic rings. The molecule has 0 unspecified atom stereocenters. The van der Waals surface area contributed by atoms with Crippen LogP contribution in [-0.2, 0) is 37.1 Å². The van der Waals surface area contributed by atoms with Gasteiger partial charge in [0, 0.05) is 13.8 Å². The lowest BCUT2D eigenvalue weighted by Crippen LogP contribution is -2.33. The Morgan fingerprint density at radius 1 is 1.35 bits per heavy atom. The summed E-state index contributed by atoms with van der Waals surface area (Å²) in [6.45, 7) is 3.13. The minimum absolute atomic E-state index is 0.0214. The van der Waals surface area contributed by atoms with E-state index in [1.54, 1.807) is 10.9 Å². The third-order valence-electron chi connectivity index (χ3n) is 2.94. The number of nitrogens with one attached hydrogen (secondary N) is 1. The molecule has 1 aromatic heterocycles. The number of carbonyl (C=O) groups is 2. The molecule has 0 saturated carbocycles. The highest BCUT2D eigenvalue weighted by molar-refractivity contribution is 5.82. The third kappa shape index (κ3) is 4.95. The van der Waals surface area contributed by atoms with E-state index in [9.17, 15) is 9.59 Å². The van der Waals surface area contributed by atoms with Crippen molar-refractivity contribution in [2.24, 2.45) is 10.7 Å². The largest absolute Gasteiger partial charge is 0.463 e. The van der Waals surface area contributed by atoms with Crippen LogP contribution in [0, 0.1) is 0 Å². The molecule has 0 fully saturated rings. The van der Waals surface area contributed by atoms with Crippen molar-refractivity contribution in [1.29, 1.82) is 0 Å². The Balaban J connectivity index is 1.96. The Morgan fingerprint density at radius 2 is 2.00 bits per heavy atom. The summed E-state index contributed by atoms with van der Waals surface area (Å²) < 4.78 is 17.1. The summed E-state index contributed by atoms with van der Waals surface area (Å²) in [6, 6.07) is 0. The Morgan fingerprint density at radius 3 is 2.61 bits per heavy atom. The van der Waals surface area contributed by atoms with Gasteiger partial charge in [-0.2, -0.15) is 4.99 Å². The van der Waals surface area contributed by atoms with Crippen LogP contribution in [0.1, 0.15) is 19.5 Å². The topological polar surface area (TPSA) is 130 Å². The monoisotopic (exact) mass is 325 g/mol. The molecule has 1 aromatic rings. The third-order valence-corrected chi connectivity index (χ3v) is 2.94. The van der Waals surface area contributed by atoms with Gasteiger partial charge in [0.05, 0.1) is 12.9 Å².